The summed E-state index contributed by atoms with van der Waals surface area (Å²) >= 11 is 0.0925. The smallest absolute Gasteiger partial charge is 0.156 e. The predicted molar refractivity (Wildman–Crippen MR) is 95.5 cm³/mol. The molecule has 0 saturated heterocycles. The second kappa shape index (κ2) is 5.75. The summed E-state index contributed by atoms with van der Waals surface area (Å²) in [7, 11) is 1.91. The highest BCUT2D eigenvalue weighted by Gasteiger charge is 2.16. The van der Waals surface area contributed by atoms with Gasteiger partial charge in [0, 0.05) is 12.6 Å². The molecule has 1 aromatic carbocycles. The lowest BCUT2D eigenvalue weighted by Gasteiger charge is -2.08. The predicted octanol–water partition coefficient (Wildman–Crippen LogP) is 4.11. The van der Waals surface area contributed by atoms with Crippen LogP contribution >= 0.6 is 20.7 Å². The van der Waals surface area contributed by atoms with Crippen molar-refractivity contribution in [1.82, 2.24) is 10.2 Å². The fourth-order valence-corrected chi connectivity index (χ4v) is 3.72. The van der Waals surface area contributed by atoms with Crippen LogP contribution in [0.1, 0.15) is 11.1 Å². The molecule has 0 unspecified atom stereocenters. The number of aromatic nitrogens is 2. The van der Waals surface area contributed by atoms with Crippen molar-refractivity contribution in [2.24, 2.45) is 0 Å². The Bertz CT molecular complexity index is 723. The van der Waals surface area contributed by atoms with Crippen LogP contribution in [0.2, 0.25) is 0 Å². The van der Waals surface area contributed by atoms with Gasteiger partial charge in [-0.15, -0.1) is 0 Å². The van der Waals surface area contributed by atoms with Gasteiger partial charge in [0.25, 0.3) is 0 Å². The Balaban J connectivity index is 2.17. The third-order valence-electron chi connectivity index (χ3n) is 3.23. The Hall–Kier alpha value is -1.69. The summed E-state index contributed by atoms with van der Waals surface area (Å²) < 4.78 is 4.56. The number of aryl methyl sites for hydroxylation is 1. The molecule has 1 aliphatic heterocycles. The van der Waals surface area contributed by atoms with E-state index in [9.17, 15) is 0 Å². The number of H-pyrrole nitrogens is 1. The normalized spacial score (nSPS) is 13.8. The molecule has 0 radical (unpaired) electrons. The molecule has 102 valence electrons. The van der Waals surface area contributed by atoms with Gasteiger partial charge in [0.15, 0.2) is 5.82 Å². The maximum atomic E-state index is 4.40. The fraction of sp³-hybridized carbons (Fsp3) is 0.125. The van der Waals surface area contributed by atoms with Gasteiger partial charge in [-0.3, -0.25) is 5.10 Å². The minimum atomic E-state index is 0.0925. The Morgan fingerprint density at radius 1 is 1.30 bits per heavy atom. The maximum absolute atomic E-state index is 4.40. The molecule has 2 heterocycles. The molecule has 20 heavy (non-hydrogen) atoms. The number of allylic oxidation sites excluding steroid dienone is 3. The Labute approximate surface area is 128 Å². The lowest BCUT2D eigenvalue weighted by Crippen LogP contribution is -1.94. The second-order valence-electron chi connectivity index (χ2n) is 4.61. The van der Waals surface area contributed by atoms with E-state index in [1.165, 1.54) is 16.7 Å². The number of benzene rings is 1. The van der Waals surface area contributed by atoms with Gasteiger partial charge in [0.05, 0.1) is 11.3 Å². The monoisotopic (exact) mass is 377 g/mol. The first kappa shape index (κ1) is 13.3. The summed E-state index contributed by atoms with van der Waals surface area (Å²) in [6, 6.07) is 8.49. The topological polar surface area (TPSA) is 40.7 Å². The number of hydrogen-bond donors (Lipinski definition) is 2. The van der Waals surface area contributed by atoms with E-state index >= 15 is 0 Å². The SMILES string of the molecule is CNc1n[nH]c(-c2cccc(C)c2)c1C1=CC=IC=C1. The zero-order valence-electron chi connectivity index (χ0n) is 11.4. The van der Waals surface area contributed by atoms with Crippen molar-refractivity contribution in [1.29, 1.82) is 0 Å². The van der Waals surface area contributed by atoms with Crippen molar-refractivity contribution < 1.29 is 0 Å². The number of rotatable bonds is 3. The number of hydrogen-bond acceptors (Lipinski definition) is 2. The molecule has 3 rings (SSSR count). The van der Waals surface area contributed by atoms with E-state index < -0.39 is 0 Å². The molecular weight excluding hydrogens is 361 g/mol. The molecule has 3 nitrogen and oxygen atoms in total. The Kier molecular flexibility index (Phi) is 3.82. The molecule has 0 spiro atoms. The summed E-state index contributed by atoms with van der Waals surface area (Å²) in [5.74, 6) is 0.894. The number of nitrogens with zero attached hydrogens (tertiary/aromatic N) is 1. The summed E-state index contributed by atoms with van der Waals surface area (Å²) in [4.78, 5) is 0. The Morgan fingerprint density at radius 3 is 2.90 bits per heavy atom. The van der Waals surface area contributed by atoms with E-state index in [0.29, 0.717) is 0 Å². The van der Waals surface area contributed by atoms with Crippen molar-refractivity contribution in [2.45, 2.75) is 6.92 Å². The number of nitrogens with one attached hydrogen (secondary N) is 2. The average Bonchev–Trinajstić information content (AvgIpc) is 2.92. The fourth-order valence-electron chi connectivity index (χ4n) is 2.29. The molecule has 4 heteroatoms. The third-order valence-corrected chi connectivity index (χ3v) is 4.78. The largest absolute Gasteiger partial charge is 0.371 e. The highest BCUT2D eigenvalue weighted by molar-refractivity contribution is 14.2. The molecule has 2 aromatic rings. The zero-order chi connectivity index (χ0) is 13.9. The number of aromatic amines is 1. The summed E-state index contributed by atoms with van der Waals surface area (Å²) in [5.41, 5.74) is 5.85. The summed E-state index contributed by atoms with van der Waals surface area (Å²) in [6.45, 7) is 2.11. The molecule has 1 aromatic heterocycles. The highest BCUT2D eigenvalue weighted by Crippen LogP contribution is 2.34. The molecule has 1 aliphatic rings. The highest BCUT2D eigenvalue weighted by atomic mass is 127. The summed E-state index contributed by atoms with van der Waals surface area (Å²) in [5, 5.41) is 10.7. The average molecular weight is 377 g/mol. The van der Waals surface area contributed by atoms with Crippen molar-refractivity contribution in [3.05, 3.63) is 51.6 Å². The standard InChI is InChI=1S/C16H16IN3/c1-11-4-3-5-13(10-11)15-14(16(18-2)20-19-15)12-6-8-17-9-7-12/h3-10H,1-2H3,(H2,18,19,20). The molecule has 2 N–H and O–H groups in total. The second-order valence-corrected chi connectivity index (χ2v) is 6.77. The van der Waals surface area contributed by atoms with Gasteiger partial charge in [-0.25, -0.2) is 0 Å². The maximum Gasteiger partial charge on any atom is 0.156 e. The van der Waals surface area contributed by atoms with Crippen LogP contribution in [0.3, 0.4) is 0 Å². The number of halogens is 1. The molecular formula is C16H16IN3. The van der Waals surface area contributed by atoms with E-state index in [2.05, 4.69) is 66.9 Å². The van der Waals surface area contributed by atoms with Gasteiger partial charge < -0.3 is 5.32 Å². The van der Waals surface area contributed by atoms with Crippen molar-refractivity contribution in [3.63, 3.8) is 0 Å². The van der Waals surface area contributed by atoms with Gasteiger partial charge in [0.1, 0.15) is 0 Å². The molecule has 0 fully saturated rings. The van der Waals surface area contributed by atoms with Crippen LogP contribution in [-0.4, -0.2) is 21.3 Å². The zero-order valence-corrected chi connectivity index (χ0v) is 13.6. The van der Waals surface area contributed by atoms with Gasteiger partial charge in [-0.05, 0) is 38.8 Å². The van der Waals surface area contributed by atoms with E-state index in [1.54, 1.807) is 0 Å². The van der Waals surface area contributed by atoms with Crippen LogP contribution in [0.4, 0.5) is 5.82 Å². The minimum Gasteiger partial charge on any atom is -0.371 e. The van der Waals surface area contributed by atoms with Crippen LogP contribution < -0.4 is 5.32 Å². The van der Waals surface area contributed by atoms with Gasteiger partial charge in [0.2, 0.25) is 0 Å². The lowest BCUT2D eigenvalue weighted by molar-refractivity contribution is 1.09. The van der Waals surface area contributed by atoms with Crippen molar-refractivity contribution in [3.8, 4) is 11.3 Å². The van der Waals surface area contributed by atoms with Gasteiger partial charge in [-0.1, -0.05) is 44.5 Å². The molecule has 0 amide bonds. The van der Waals surface area contributed by atoms with E-state index in [0.717, 1.165) is 17.1 Å². The minimum absolute atomic E-state index is 0.0925. The van der Waals surface area contributed by atoms with E-state index in [1.807, 2.05) is 7.05 Å². The molecule has 0 atom stereocenters. The van der Waals surface area contributed by atoms with Crippen molar-refractivity contribution >= 4 is 36.1 Å². The number of anilines is 1. The quantitative estimate of drug-likeness (QED) is 0.791. The van der Waals surface area contributed by atoms with Crippen LogP contribution in [-0.2, 0) is 0 Å². The first-order valence-electron chi connectivity index (χ1n) is 6.45. The third kappa shape index (κ3) is 2.47. The first-order chi connectivity index (χ1) is 9.79. The van der Waals surface area contributed by atoms with Crippen LogP contribution in [0.15, 0.2) is 40.5 Å². The molecule has 0 aliphatic carbocycles. The molecule has 0 saturated carbocycles. The lowest BCUT2D eigenvalue weighted by atomic mass is 9.99. The first-order valence-corrected chi connectivity index (χ1v) is 8.94. The van der Waals surface area contributed by atoms with E-state index in [-0.39, 0.29) is 20.7 Å². The van der Waals surface area contributed by atoms with Crippen LogP contribution in [0, 0.1) is 6.92 Å². The van der Waals surface area contributed by atoms with Crippen LogP contribution in [0.5, 0.6) is 0 Å². The van der Waals surface area contributed by atoms with Gasteiger partial charge in [-0.2, -0.15) is 5.10 Å². The Morgan fingerprint density at radius 2 is 2.20 bits per heavy atom. The molecule has 0 bridgehead atoms. The van der Waals surface area contributed by atoms with Gasteiger partial charge >= 0.3 is 0 Å². The van der Waals surface area contributed by atoms with Crippen LogP contribution in [0.25, 0.3) is 16.8 Å². The summed E-state index contributed by atoms with van der Waals surface area (Å²) in [6.07, 6.45) is 4.41. The van der Waals surface area contributed by atoms with E-state index in [4.69, 9.17) is 0 Å². The van der Waals surface area contributed by atoms with Crippen molar-refractivity contribution in [2.75, 3.05) is 12.4 Å².